The Morgan fingerprint density at radius 3 is 2.50 bits per heavy atom. The first-order valence-electron chi connectivity index (χ1n) is 6.71. The molecular formula is C12H21ClFNO7. The Hall–Kier alpha value is -0.550. The van der Waals surface area contributed by atoms with Crippen molar-refractivity contribution in [3.63, 3.8) is 0 Å². The minimum absolute atomic E-state index is 0.372. The van der Waals surface area contributed by atoms with E-state index in [0.717, 1.165) is 0 Å². The standard InChI is InChI=1S/C12H21ClFNO7/c1-5(17)15-7(6(14)2-13)4-21-12-11(20)10(19)9(18)8(3-16)22-12/h6-12,16,18-20H,2-4H2,1H3,(H,15,17)/t6-,7+,8?,9+,10?,11?,12+/m1/s1. The van der Waals surface area contributed by atoms with Crippen LogP contribution in [0.3, 0.4) is 0 Å². The Morgan fingerprint density at radius 2 is 2.00 bits per heavy atom. The fourth-order valence-corrected chi connectivity index (χ4v) is 2.22. The lowest BCUT2D eigenvalue weighted by Gasteiger charge is -2.40. The van der Waals surface area contributed by atoms with Crippen LogP contribution in [-0.4, -0.2) is 88.3 Å². The molecule has 10 heteroatoms. The first-order chi connectivity index (χ1) is 10.3. The van der Waals surface area contributed by atoms with Gasteiger partial charge in [0.2, 0.25) is 5.91 Å². The van der Waals surface area contributed by atoms with Crippen molar-refractivity contribution in [3.8, 4) is 0 Å². The molecule has 1 fully saturated rings. The van der Waals surface area contributed by atoms with Gasteiger partial charge in [0.25, 0.3) is 0 Å². The smallest absolute Gasteiger partial charge is 0.217 e. The van der Waals surface area contributed by atoms with Crippen molar-refractivity contribution in [3.05, 3.63) is 0 Å². The maximum absolute atomic E-state index is 13.6. The van der Waals surface area contributed by atoms with E-state index in [1.54, 1.807) is 0 Å². The van der Waals surface area contributed by atoms with E-state index < -0.39 is 55.4 Å². The van der Waals surface area contributed by atoms with Crippen LogP contribution in [-0.2, 0) is 14.3 Å². The van der Waals surface area contributed by atoms with Crippen LogP contribution >= 0.6 is 11.6 Å². The van der Waals surface area contributed by atoms with Gasteiger partial charge in [0, 0.05) is 6.92 Å². The summed E-state index contributed by atoms with van der Waals surface area (Å²) in [6.07, 6.45) is -8.81. The summed E-state index contributed by atoms with van der Waals surface area (Å²) >= 11 is 5.40. The molecule has 1 amide bonds. The summed E-state index contributed by atoms with van der Waals surface area (Å²) in [4.78, 5) is 11.0. The Kier molecular flexibility index (Phi) is 7.90. The summed E-state index contributed by atoms with van der Waals surface area (Å²) in [5.41, 5.74) is 0. The van der Waals surface area contributed by atoms with Crippen molar-refractivity contribution in [2.45, 2.75) is 49.8 Å². The number of aliphatic hydroxyl groups excluding tert-OH is 4. The zero-order valence-corrected chi connectivity index (χ0v) is 12.7. The SMILES string of the molecule is CC(=O)N[C@@H](CO[C@H]1OC(CO)[C@H](O)C(O)C1O)[C@H](F)CCl. The van der Waals surface area contributed by atoms with Gasteiger partial charge in [0.15, 0.2) is 6.29 Å². The van der Waals surface area contributed by atoms with E-state index in [1.165, 1.54) is 6.92 Å². The third-order valence-corrected chi connectivity index (χ3v) is 3.56. The largest absolute Gasteiger partial charge is 0.394 e. The summed E-state index contributed by atoms with van der Waals surface area (Å²) in [5, 5.41) is 40.3. The van der Waals surface area contributed by atoms with Crippen molar-refractivity contribution in [2.24, 2.45) is 0 Å². The van der Waals surface area contributed by atoms with Crippen LogP contribution in [0.5, 0.6) is 0 Å². The highest BCUT2D eigenvalue weighted by atomic mass is 35.5. The number of carbonyl (C=O) groups is 1. The van der Waals surface area contributed by atoms with Crippen molar-refractivity contribution in [1.82, 2.24) is 5.32 Å². The second kappa shape index (κ2) is 8.92. The number of hydrogen-bond donors (Lipinski definition) is 5. The zero-order chi connectivity index (χ0) is 16.9. The van der Waals surface area contributed by atoms with Gasteiger partial charge in [0.05, 0.1) is 25.1 Å². The van der Waals surface area contributed by atoms with Crippen LogP contribution in [0.25, 0.3) is 0 Å². The van der Waals surface area contributed by atoms with E-state index >= 15 is 0 Å². The molecule has 1 saturated heterocycles. The van der Waals surface area contributed by atoms with Gasteiger partial charge in [0.1, 0.15) is 30.6 Å². The fraction of sp³-hybridized carbons (Fsp3) is 0.917. The predicted octanol–water partition coefficient (Wildman–Crippen LogP) is -2.12. The van der Waals surface area contributed by atoms with E-state index in [9.17, 15) is 24.5 Å². The van der Waals surface area contributed by atoms with Crippen LogP contribution < -0.4 is 5.32 Å². The highest BCUT2D eigenvalue weighted by molar-refractivity contribution is 6.18. The second-order valence-corrected chi connectivity index (χ2v) is 5.32. The van der Waals surface area contributed by atoms with E-state index in [1.807, 2.05) is 0 Å². The minimum atomic E-state index is -1.59. The summed E-state index contributed by atoms with van der Waals surface area (Å²) in [7, 11) is 0. The molecule has 0 spiro atoms. The Labute approximate surface area is 131 Å². The molecule has 130 valence electrons. The Morgan fingerprint density at radius 1 is 1.36 bits per heavy atom. The number of alkyl halides is 2. The normalized spacial score (nSPS) is 35.0. The van der Waals surface area contributed by atoms with Crippen molar-refractivity contribution < 1.29 is 39.1 Å². The molecule has 0 radical (unpaired) electrons. The Balaban J connectivity index is 2.64. The molecule has 8 nitrogen and oxygen atoms in total. The molecule has 1 heterocycles. The maximum Gasteiger partial charge on any atom is 0.217 e. The fourth-order valence-electron chi connectivity index (χ4n) is 2.01. The molecule has 0 aromatic carbocycles. The summed E-state index contributed by atoms with van der Waals surface area (Å²) in [6, 6.07) is -1.07. The lowest BCUT2D eigenvalue weighted by atomic mass is 9.99. The maximum atomic E-state index is 13.6. The lowest BCUT2D eigenvalue weighted by molar-refractivity contribution is -0.302. The molecule has 0 bridgehead atoms. The van der Waals surface area contributed by atoms with Crippen molar-refractivity contribution in [2.75, 3.05) is 19.1 Å². The van der Waals surface area contributed by atoms with Gasteiger partial charge in [-0.1, -0.05) is 0 Å². The highest BCUT2D eigenvalue weighted by Gasteiger charge is 2.44. The van der Waals surface area contributed by atoms with E-state index in [2.05, 4.69) is 5.32 Å². The molecule has 0 aromatic rings. The molecule has 7 atom stereocenters. The topological polar surface area (TPSA) is 128 Å². The van der Waals surface area contributed by atoms with Gasteiger partial charge in [-0.3, -0.25) is 4.79 Å². The van der Waals surface area contributed by atoms with Crippen LogP contribution in [0.2, 0.25) is 0 Å². The average molecular weight is 346 g/mol. The molecular weight excluding hydrogens is 325 g/mol. The number of aliphatic hydroxyl groups is 4. The van der Waals surface area contributed by atoms with Gasteiger partial charge in [-0.05, 0) is 0 Å². The zero-order valence-electron chi connectivity index (χ0n) is 11.9. The van der Waals surface area contributed by atoms with E-state index in [-0.39, 0.29) is 12.5 Å². The molecule has 1 rings (SSSR count). The number of rotatable bonds is 7. The summed E-state index contributed by atoms with van der Waals surface area (Å²) in [6.45, 7) is 0.214. The van der Waals surface area contributed by atoms with Crippen LogP contribution in [0, 0.1) is 0 Å². The number of carbonyl (C=O) groups excluding carboxylic acids is 1. The van der Waals surface area contributed by atoms with Crippen molar-refractivity contribution >= 4 is 17.5 Å². The monoisotopic (exact) mass is 345 g/mol. The van der Waals surface area contributed by atoms with Gasteiger partial charge < -0.3 is 35.2 Å². The first-order valence-corrected chi connectivity index (χ1v) is 7.24. The number of amides is 1. The molecule has 3 unspecified atom stereocenters. The Bertz CT molecular complexity index is 362. The molecule has 0 aliphatic carbocycles. The number of hydrogen-bond acceptors (Lipinski definition) is 7. The number of ether oxygens (including phenoxy) is 2. The molecule has 1 aliphatic heterocycles. The van der Waals surface area contributed by atoms with E-state index in [0.29, 0.717) is 0 Å². The van der Waals surface area contributed by atoms with Crippen molar-refractivity contribution in [1.29, 1.82) is 0 Å². The summed E-state index contributed by atoms with van der Waals surface area (Å²) < 4.78 is 23.9. The quantitative estimate of drug-likeness (QED) is 0.334. The predicted molar refractivity (Wildman–Crippen MR) is 72.9 cm³/mol. The third kappa shape index (κ3) is 4.98. The minimum Gasteiger partial charge on any atom is -0.394 e. The van der Waals surface area contributed by atoms with Gasteiger partial charge in [-0.25, -0.2) is 4.39 Å². The lowest BCUT2D eigenvalue weighted by Crippen LogP contribution is -2.59. The van der Waals surface area contributed by atoms with Crippen LogP contribution in [0.15, 0.2) is 0 Å². The number of nitrogens with one attached hydrogen (secondary N) is 1. The van der Waals surface area contributed by atoms with Gasteiger partial charge in [-0.15, -0.1) is 11.6 Å². The van der Waals surface area contributed by atoms with E-state index in [4.69, 9.17) is 26.2 Å². The van der Waals surface area contributed by atoms with Crippen LogP contribution in [0.1, 0.15) is 6.92 Å². The molecule has 22 heavy (non-hydrogen) atoms. The van der Waals surface area contributed by atoms with Crippen LogP contribution in [0.4, 0.5) is 4.39 Å². The number of halogens is 2. The third-order valence-electron chi connectivity index (χ3n) is 3.26. The molecule has 1 aliphatic rings. The molecule has 0 saturated carbocycles. The highest BCUT2D eigenvalue weighted by Crippen LogP contribution is 2.22. The first kappa shape index (κ1) is 19.5. The average Bonchev–Trinajstić information content (AvgIpc) is 2.49. The van der Waals surface area contributed by atoms with Gasteiger partial charge in [-0.2, -0.15) is 0 Å². The summed E-state index contributed by atoms with van der Waals surface area (Å²) in [5.74, 6) is -0.863. The molecule has 0 aromatic heterocycles. The second-order valence-electron chi connectivity index (χ2n) is 5.01. The van der Waals surface area contributed by atoms with Gasteiger partial charge >= 0.3 is 0 Å². The molecule has 5 N–H and O–H groups in total.